The van der Waals surface area contributed by atoms with Gasteiger partial charge in [0.2, 0.25) is 11.7 Å². The summed E-state index contributed by atoms with van der Waals surface area (Å²) in [4.78, 5) is 36.2. The Hall–Kier alpha value is -3.35. The van der Waals surface area contributed by atoms with Gasteiger partial charge in [0.1, 0.15) is 11.5 Å². The van der Waals surface area contributed by atoms with Gasteiger partial charge in [-0.25, -0.2) is 0 Å². The van der Waals surface area contributed by atoms with Gasteiger partial charge >= 0.3 is 5.97 Å². The Labute approximate surface area is 207 Å². The Kier molecular flexibility index (Phi) is 8.68. The van der Waals surface area contributed by atoms with Crippen molar-refractivity contribution < 1.29 is 23.9 Å². The Morgan fingerprint density at radius 2 is 1.62 bits per heavy atom. The number of ether oxygens (including phenoxy) is 2. The maximum absolute atomic E-state index is 12.2. The van der Waals surface area contributed by atoms with E-state index in [0.717, 1.165) is 16.9 Å². The zero-order valence-corrected chi connectivity index (χ0v) is 20.2. The van der Waals surface area contributed by atoms with E-state index in [2.05, 4.69) is 5.32 Å². The van der Waals surface area contributed by atoms with Crippen molar-refractivity contribution in [3.63, 3.8) is 0 Å². The fourth-order valence-corrected chi connectivity index (χ4v) is 3.52. The second kappa shape index (κ2) is 11.7. The van der Waals surface area contributed by atoms with Gasteiger partial charge in [0.25, 0.3) is 0 Å². The molecule has 0 spiro atoms. The van der Waals surface area contributed by atoms with Gasteiger partial charge < -0.3 is 14.8 Å². The molecule has 8 heteroatoms. The Bertz CT molecular complexity index is 1210. The molecule has 0 radical (unpaired) electrons. The largest absolute Gasteiger partial charge is 0.457 e. The quantitative estimate of drug-likeness (QED) is 0.266. The lowest BCUT2D eigenvalue weighted by Gasteiger charge is -2.11. The lowest BCUT2D eigenvalue weighted by Crippen LogP contribution is -2.17. The average Bonchev–Trinajstić information content (AvgIpc) is 2.80. The van der Waals surface area contributed by atoms with Gasteiger partial charge in [-0.2, -0.15) is 0 Å². The minimum atomic E-state index is -0.661. The van der Waals surface area contributed by atoms with Crippen molar-refractivity contribution in [1.82, 2.24) is 0 Å². The van der Waals surface area contributed by atoms with Crippen LogP contribution in [0.5, 0.6) is 11.5 Å². The van der Waals surface area contributed by atoms with Crippen LogP contribution < -0.4 is 10.1 Å². The molecular formula is C26H23Cl2NO5. The van der Waals surface area contributed by atoms with Gasteiger partial charge in [-0.15, -0.1) is 0 Å². The van der Waals surface area contributed by atoms with E-state index in [1.165, 1.54) is 18.2 Å². The first-order chi connectivity index (χ1) is 16.2. The summed E-state index contributed by atoms with van der Waals surface area (Å²) in [5.41, 5.74) is 2.90. The molecule has 3 aromatic rings. The molecule has 0 aliphatic carbocycles. The molecule has 3 rings (SSSR count). The summed E-state index contributed by atoms with van der Waals surface area (Å²) in [6, 6.07) is 17.3. The summed E-state index contributed by atoms with van der Waals surface area (Å²) in [6.07, 6.45) is -0.253. The number of anilines is 1. The van der Waals surface area contributed by atoms with E-state index in [4.69, 9.17) is 32.7 Å². The number of amides is 1. The Morgan fingerprint density at radius 1 is 0.882 bits per heavy atom. The van der Waals surface area contributed by atoms with Crippen molar-refractivity contribution in [2.45, 2.75) is 26.7 Å². The summed E-state index contributed by atoms with van der Waals surface area (Å²) in [5, 5.41) is 3.29. The molecular weight excluding hydrogens is 477 g/mol. The maximum Gasteiger partial charge on any atom is 0.306 e. The van der Waals surface area contributed by atoms with Crippen molar-refractivity contribution >= 4 is 46.5 Å². The molecule has 176 valence electrons. The number of esters is 1. The van der Waals surface area contributed by atoms with Crippen molar-refractivity contribution in [3.8, 4) is 11.5 Å². The second-order valence-corrected chi connectivity index (χ2v) is 8.50. The summed E-state index contributed by atoms with van der Waals surface area (Å²) >= 11 is 11.8. The van der Waals surface area contributed by atoms with Crippen molar-refractivity contribution in [2.24, 2.45) is 0 Å². The summed E-state index contributed by atoms with van der Waals surface area (Å²) in [7, 11) is 0. The zero-order valence-electron chi connectivity index (χ0n) is 18.7. The normalized spacial score (nSPS) is 10.5. The number of rotatable bonds is 9. The van der Waals surface area contributed by atoms with Crippen LogP contribution in [0.2, 0.25) is 10.0 Å². The summed E-state index contributed by atoms with van der Waals surface area (Å²) in [5.74, 6) is -0.0615. The fraction of sp³-hybridized carbons (Fsp3) is 0.192. The number of carbonyl (C=O) groups is 3. The molecule has 6 nitrogen and oxygen atoms in total. The number of Topliss-reactive ketones (excluding diaryl/α,β-unsaturated/α-hetero) is 1. The average molecular weight is 500 g/mol. The van der Waals surface area contributed by atoms with Gasteiger partial charge in [-0.1, -0.05) is 35.3 Å². The molecule has 0 unspecified atom stereocenters. The van der Waals surface area contributed by atoms with Crippen LogP contribution in [0.3, 0.4) is 0 Å². The van der Waals surface area contributed by atoms with Gasteiger partial charge in [0.15, 0.2) is 6.61 Å². The molecule has 0 saturated heterocycles. The van der Waals surface area contributed by atoms with E-state index < -0.39 is 18.4 Å². The number of hydrogen-bond donors (Lipinski definition) is 1. The Morgan fingerprint density at radius 3 is 2.32 bits per heavy atom. The van der Waals surface area contributed by atoms with Gasteiger partial charge in [-0.3, -0.25) is 14.4 Å². The molecule has 0 heterocycles. The van der Waals surface area contributed by atoms with Crippen LogP contribution in [-0.2, 0) is 14.3 Å². The molecule has 1 N–H and O–H groups in total. The van der Waals surface area contributed by atoms with Gasteiger partial charge in [0.05, 0.1) is 11.4 Å². The molecule has 0 saturated carbocycles. The van der Waals surface area contributed by atoms with E-state index in [0.29, 0.717) is 16.5 Å². The highest BCUT2D eigenvalue weighted by atomic mass is 35.5. The molecule has 0 bridgehead atoms. The molecule has 0 aromatic heterocycles. The van der Waals surface area contributed by atoms with Gasteiger partial charge in [-0.05, 0) is 73.5 Å². The van der Waals surface area contributed by atoms with Gasteiger partial charge in [0, 0.05) is 22.7 Å². The number of ketones is 1. The lowest BCUT2D eigenvalue weighted by atomic mass is 10.1. The van der Waals surface area contributed by atoms with E-state index in [1.807, 2.05) is 32.0 Å². The molecule has 0 aliphatic heterocycles. The maximum atomic E-state index is 12.2. The van der Waals surface area contributed by atoms with Crippen LogP contribution in [0.25, 0.3) is 0 Å². The Balaban J connectivity index is 1.43. The van der Waals surface area contributed by atoms with Crippen LogP contribution in [-0.4, -0.2) is 24.3 Å². The topological polar surface area (TPSA) is 81.7 Å². The van der Waals surface area contributed by atoms with E-state index in [9.17, 15) is 14.4 Å². The highest BCUT2D eigenvalue weighted by Crippen LogP contribution is 2.27. The molecule has 34 heavy (non-hydrogen) atoms. The summed E-state index contributed by atoms with van der Waals surface area (Å²) < 4.78 is 10.9. The molecule has 0 fully saturated rings. The minimum absolute atomic E-state index is 0.0878. The van der Waals surface area contributed by atoms with Crippen LogP contribution in [0, 0.1) is 13.8 Å². The third-order valence-electron chi connectivity index (χ3n) is 4.86. The SMILES string of the molecule is Cc1ccc(C)c(Oc2ccc(NC(=O)CCC(=O)OCC(=O)c3ccc(Cl)cc3Cl)cc2)c1. The first-order valence-corrected chi connectivity index (χ1v) is 11.3. The predicted octanol–water partition coefficient (Wildman–Crippen LogP) is 6.55. The number of carbonyl (C=O) groups excluding carboxylic acids is 3. The molecule has 0 aliphatic rings. The first kappa shape index (κ1) is 25.3. The minimum Gasteiger partial charge on any atom is -0.457 e. The van der Waals surface area contributed by atoms with Crippen LogP contribution in [0.15, 0.2) is 60.7 Å². The number of benzene rings is 3. The lowest BCUT2D eigenvalue weighted by molar-refractivity contribution is -0.143. The second-order valence-electron chi connectivity index (χ2n) is 7.65. The number of nitrogens with one attached hydrogen (secondary N) is 1. The molecule has 1 amide bonds. The number of halogens is 2. The third-order valence-corrected chi connectivity index (χ3v) is 5.41. The fourth-order valence-electron chi connectivity index (χ4n) is 3.00. The van der Waals surface area contributed by atoms with Crippen LogP contribution >= 0.6 is 23.2 Å². The first-order valence-electron chi connectivity index (χ1n) is 10.5. The molecule has 0 atom stereocenters. The molecule has 3 aromatic carbocycles. The number of hydrogen-bond acceptors (Lipinski definition) is 5. The van der Waals surface area contributed by atoms with Crippen molar-refractivity contribution in [1.29, 1.82) is 0 Å². The monoisotopic (exact) mass is 499 g/mol. The van der Waals surface area contributed by atoms with E-state index >= 15 is 0 Å². The summed E-state index contributed by atoms with van der Waals surface area (Å²) in [6.45, 7) is 3.49. The standard InChI is InChI=1S/C26H23Cl2NO5/c1-16-3-4-17(2)24(13-16)34-20-8-6-19(7-9-20)29-25(31)11-12-26(32)33-15-23(30)21-10-5-18(27)14-22(21)28/h3-10,13-14H,11-12,15H2,1-2H3,(H,29,31). The highest BCUT2D eigenvalue weighted by Gasteiger charge is 2.15. The van der Waals surface area contributed by atoms with Crippen molar-refractivity contribution in [3.05, 3.63) is 87.4 Å². The smallest absolute Gasteiger partial charge is 0.306 e. The highest BCUT2D eigenvalue weighted by molar-refractivity contribution is 6.36. The van der Waals surface area contributed by atoms with E-state index in [-0.39, 0.29) is 29.3 Å². The van der Waals surface area contributed by atoms with Crippen LogP contribution in [0.1, 0.15) is 34.3 Å². The van der Waals surface area contributed by atoms with Crippen molar-refractivity contribution in [2.75, 3.05) is 11.9 Å². The number of aryl methyl sites for hydroxylation is 2. The van der Waals surface area contributed by atoms with Crippen LogP contribution in [0.4, 0.5) is 5.69 Å². The zero-order chi connectivity index (χ0) is 24.7. The predicted molar refractivity (Wildman–Crippen MR) is 132 cm³/mol. The third kappa shape index (κ3) is 7.33. The van der Waals surface area contributed by atoms with E-state index in [1.54, 1.807) is 24.3 Å².